The van der Waals surface area contributed by atoms with E-state index in [1.807, 2.05) is 61.5 Å². The molecule has 4 rings (SSSR count). The zero-order chi connectivity index (χ0) is 21.8. The van der Waals surface area contributed by atoms with E-state index in [9.17, 15) is 8.42 Å². The first kappa shape index (κ1) is 21.5. The van der Waals surface area contributed by atoms with Gasteiger partial charge in [-0.25, -0.2) is 13.4 Å². The van der Waals surface area contributed by atoms with Crippen molar-refractivity contribution >= 4 is 10.0 Å². The molecule has 0 radical (unpaired) electrons. The monoisotopic (exact) mass is 441 g/mol. The molecule has 0 amide bonds. The van der Waals surface area contributed by atoms with E-state index in [2.05, 4.69) is 9.88 Å². The molecule has 1 saturated heterocycles. The van der Waals surface area contributed by atoms with Crippen LogP contribution in [-0.2, 0) is 22.3 Å². The molecule has 1 aromatic heterocycles. The van der Waals surface area contributed by atoms with Gasteiger partial charge in [0.2, 0.25) is 15.9 Å². The summed E-state index contributed by atoms with van der Waals surface area (Å²) in [5, 5.41) is 0. The molecule has 7 nitrogen and oxygen atoms in total. The summed E-state index contributed by atoms with van der Waals surface area (Å²) in [7, 11) is -1.70. The van der Waals surface area contributed by atoms with Crippen molar-refractivity contribution in [2.24, 2.45) is 0 Å². The van der Waals surface area contributed by atoms with Crippen LogP contribution in [0, 0.1) is 6.92 Å². The van der Waals surface area contributed by atoms with Crippen LogP contribution >= 0.6 is 0 Å². The van der Waals surface area contributed by atoms with Gasteiger partial charge in [0.1, 0.15) is 11.5 Å². The van der Waals surface area contributed by atoms with E-state index in [4.69, 9.17) is 9.15 Å². The largest absolute Gasteiger partial charge is 0.496 e. The van der Waals surface area contributed by atoms with Crippen molar-refractivity contribution in [2.75, 3.05) is 33.3 Å². The van der Waals surface area contributed by atoms with Crippen LogP contribution in [0.1, 0.15) is 17.0 Å². The zero-order valence-electron chi connectivity index (χ0n) is 17.8. The first-order valence-electron chi connectivity index (χ1n) is 10.3. The second-order valence-corrected chi connectivity index (χ2v) is 9.61. The van der Waals surface area contributed by atoms with Crippen molar-refractivity contribution in [1.82, 2.24) is 14.2 Å². The number of aryl methyl sites for hydroxylation is 1. The topological polar surface area (TPSA) is 75.9 Å². The minimum absolute atomic E-state index is 0.0402. The summed E-state index contributed by atoms with van der Waals surface area (Å²) in [6, 6.07) is 16.9. The maximum absolute atomic E-state index is 12.8. The minimum Gasteiger partial charge on any atom is -0.496 e. The summed E-state index contributed by atoms with van der Waals surface area (Å²) in [6.07, 6.45) is 0. The molecule has 0 unspecified atom stereocenters. The van der Waals surface area contributed by atoms with Gasteiger partial charge in [-0.05, 0) is 24.6 Å². The molecule has 164 valence electrons. The number of sulfonamides is 1. The first-order chi connectivity index (χ1) is 15.0. The molecule has 0 bridgehead atoms. The van der Waals surface area contributed by atoms with Crippen molar-refractivity contribution in [3.8, 4) is 17.2 Å². The highest BCUT2D eigenvalue weighted by molar-refractivity contribution is 7.88. The lowest BCUT2D eigenvalue weighted by Crippen LogP contribution is -2.48. The molecule has 2 heterocycles. The maximum atomic E-state index is 12.8. The number of methoxy groups -OCH3 is 1. The van der Waals surface area contributed by atoms with Crippen LogP contribution in [0.3, 0.4) is 0 Å². The highest BCUT2D eigenvalue weighted by atomic mass is 32.2. The smallest absolute Gasteiger partial charge is 0.230 e. The first-order valence-corrected chi connectivity index (χ1v) is 11.9. The molecule has 2 aromatic carbocycles. The molecular weight excluding hydrogens is 414 g/mol. The van der Waals surface area contributed by atoms with E-state index in [0.717, 1.165) is 22.6 Å². The summed E-state index contributed by atoms with van der Waals surface area (Å²) in [5.74, 6) is 2.06. The fourth-order valence-corrected chi connectivity index (χ4v) is 5.28. The Morgan fingerprint density at radius 1 is 1.00 bits per heavy atom. The maximum Gasteiger partial charge on any atom is 0.230 e. The second-order valence-electron chi connectivity index (χ2n) is 7.64. The Labute approximate surface area is 183 Å². The molecule has 3 aromatic rings. The number of aromatic nitrogens is 1. The van der Waals surface area contributed by atoms with Gasteiger partial charge in [0, 0.05) is 32.7 Å². The van der Waals surface area contributed by atoms with Crippen LogP contribution in [-0.4, -0.2) is 55.9 Å². The summed E-state index contributed by atoms with van der Waals surface area (Å²) >= 11 is 0. The normalized spacial score (nSPS) is 15.8. The summed E-state index contributed by atoms with van der Waals surface area (Å²) < 4.78 is 38.4. The molecule has 0 saturated carbocycles. The van der Waals surface area contributed by atoms with Crippen LogP contribution in [0.4, 0.5) is 0 Å². The number of ether oxygens (including phenoxy) is 1. The van der Waals surface area contributed by atoms with E-state index in [1.165, 1.54) is 0 Å². The Kier molecular flexibility index (Phi) is 6.41. The Hall–Kier alpha value is -2.68. The van der Waals surface area contributed by atoms with Gasteiger partial charge in [-0.15, -0.1) is 0 Å². The lowest BCUT2D eigenvalue weighted by molar-refractivity contribution is 0.179. The lowest BCUT2D eigenvalue weighted by Gasteiger charge is -2.33. The average molecular weight is 442 g/mol. The fourth-order valence-electron chi connectivity index (χ4n) is 3.77. The van der Waals surface area contributed by atoms with Gasteiger partial charge in [0.25, 0.3) is 0 Å². The van der Waals surface area contributed by atoms with Gasteiger partial charge >= 0.3 is 0 Å². The van der Waals surface area contributed by atoms with Crippen molar-refractivity contribution in [3.63, 3.8) is 0 Å². The van der Waals surface area contributed by atoms with Crippen LogP contribution in [0.25, 0.3) is 11.5 Å². The van der Waals surface area contributed by atoms with Gasteiger partial charge < -0.3 is 9.15 Å². The predicted molar refractivity (Wildman–Crippen MR) is 119 cm³/mol. The molecule has 0 atom stereocenters. The van der Waals surface area contributed by atoms with Gasteiger partial charge in [0.05, 0.1) is 24.1 Å². The minimum atomic E-state index is -3.32. The number of hydrogen-bond acceptors (Lipinski definition) is 6. The summed E-state index contributed by atoms with van der Waals surface area (Å²) in [6.45, 7) is 4.80. The molecule has 0 aliphatic carbocycles. The third kappa shape index (κ3) is 4.98. The second kappa shape index (κ2) is 9.21. The number of oxazole rings is 1. The summed E-state index contributed by atoms with van der Waals surface area (Å²) in [5.41, 5.74) is 2.49. The SMILES string of the molecule is COc1ccccc1-c1nc(CN2CCN(S(=O)(=O)Cc3ccccc3)CC2)c(C)o1. The number of para-hydroxylation sites is 1. The molecular formula is C23H27N3O4S. The number of hydrogen-bond donors (Lipinski definition) is 0. The Morgan fingerprint density at radius 2 is 1.68 bits per heavy atom. The molecule has 1 fully saturated rings. The molecule has 8 heteroatoms. The number of nitrogens with zero attached hydrogens (tertiary/aromatic N) is 3. The number of piperazine rings is 1. The van der Waals surface area contributed by atoms with Gasteiger partial charge in [-0.1, -0.05) is 42.5 Å². The van der Waals surface area contributed by atoms with E-state index in [0.29, 0.717) is 44.4 Å². The molecule has 1 aliphatic rings. The third-order valence-electron chi connectivity index (χ3n) is 5.52. The number of rotatable bonds is 7. The zero-order valence-corrected chi connectivity index (χ0v) is 18.6. The Balaban J connectivity index is 1.39. The highest BCUT2D eigenvalue weighted by Gasteiger charge is 2.28. The predicted octanol–water partition coefficient (Wildman–Crippen LogP) is 3.31. The lowest BCUT2D eigenvalue weighted by atomic mass is 10.2. The van der Waals surface area contributed by atoms with Gasteiger partial charge in [0.15, 0.2) is 0 Å². The molecule has 31 heavy (non-hydrogen) atoms. The van der Waals surface area contributed by atoms with Gasteiger partial charge in [-0.2, -0.15) is 4.31 Å². The molecule has 0 spiro atoms. The summed E-state index contributed by atoms with van der Waals surface area (Å²) in [4.78, 5) is 6.90. The van der Waals surface area contributed by atoms with Crippen molar-refractivity contribution in [1.29, 1.82) is 0 Å². The number of benzene rings is 2. The van der Waals surface area contributed by atoms with E-state index in [1.54, 1.807) is 11.4 Å². The quantitative estimate of drug-likeness (QED) is 0.560. The van der Waals surface area contributed by atoms with Gasteiger partial charge in [-0.3, -0.25) is 4.90 Å². The van der Waals surface area contributed by atoms with Crippen molar-refractivity contribution in [3.05, 3.63) is 71.6 Å². The Morgan fingerprint density at radius 3 is 2.39 bits per heavy atom. The average Bonchev–Trinajstić information content (AvgIpc) is 3.14. The third-order valence-corrected chi connectivity index (χ3v) is 7.37. The van der Waals surface area contributed by atoms with Crippen LogP contribution in [0.2, 0.25) is 0 Å². The molecule has 0 N–H and O–H groups in total. The standard InChI is InChI=1S/C23H27N3O4S/c1-18-21(24-23(30-18)20-10-6-7-11-22(20)29-2)16-25-12-14-26(15-13-25)31(27,28)17-19-8-4-3-5-9-19/h3-11H,12-17H2,1-2H3. The van der Waals surface area contributed by atoms with E-state index < -0.39 is 10.0 Å². The van der Waals surface area contributed by atoms with Crippen LogP contribution < -0.4 is 4.74 Å². The Bertz CT molecular complexity index is 1120. The fraction of sp³-hybridized carbons (Fsp3) is 0.348. The molecule has 1 aliphatic heterocycles. The van der Waals surface area contributed by atoms with E-state index >= 15 is 0 Å². The van der Waals surface area contributed by atoms with Crippen LogP contribution in [0.5, 0.6) is 5.75 Å². The van der Waals surface area contributed by atoms with E-state index in [-0.39, 0.29) is 5.75 Å². The van der Waals surface area contributed by atoms with Crippen molar-refractivity contribution < 1.29 is 17.6 Å². The highest BCUT2D eigenvalue weighted by Crippen LogP contribution is 2.30. The van der Waals surface area contributed by atoms with Crippen LogP contribution in [0.15, 0.2) is 59.0 Å². The van der Waals surface area contributed by atoms with Crippen molar-refractivity contribution in [2.45, 2.75) is 19.2 Å².